The summed E-state index contributed by atoms with van der Waals surface area (Å²) in [6, 6.07) is 13.8. The Morgan fingerprint density at radius 2 is 1.94 bits per heavy atom. The molecule has 2 aliphatic rings. The summed E-state index contributed by atoms with van der Waals surface area (Å²) >= 11 is 0. The lowest BCUT2D eigenvalue weighted by Crippen LogP contribution is -2.48. The van der Waals surface area contributed by atoms with E-state index in [1.165, 1.54) is 12.3 Å². The Kier molecular flexibility index (Phi) is 11.2. The monoisotopic (exact) mass is 708 g/mol. The Balaban J connectivity index is 1.01. The molecule has 2 fully saturated rings. The van der Waals surface area contributed by atoms with Gasteiger partial charge in [0.25, 0.3) is 5.91 Å². The van der Waals surface area contributed by atoms with E-state index in [0.29, 0.717) is 36.4 Å². The normalized spacial score (nSPS) is 17.1. The molecule has 12 heteroatoms. The van der Waals surface area contributed by atoms with E-state index in [-0.39, 0.29) is 24.0 Å². The molecule has 2 saturated heterocycles. The van der Waals surface area contributed by atoms with Crippen LogP contribution < -0.4 is 16.0 Å². The first-order chi connectivity index (χ1) is 25.4. The lowest BCUT2D eigenvalue weighted by atomic mass is 10.00. The van der Waals surface area contributed by atoms with Gasteiger partial charge in [-0.25, -0.2) is 19.0 Å². The van der Waals surface area contributed by atoms with Crippen LogP contribution in [0, 0.1) is 5.82 Å². The van der Waals surface area contributed by atoms with Crippen LogP contribution in [0.4, 0.5) is 10.1 Å². The molecule has 3 aromatic heterocycles. The van der Waals surface area contributed by atoms with Gasteiger partial charge >= 0.3 is 0 Å². The fourth-order valence-corrected chi connectivity index (χ4v) is 7.37. The predicted octanol–water partition coefficient (Wildman–Crippen LogP) is 5.91. The average molecular weight is 709 g/mol. The number of anilines is 1. The molecule has 2 aromatic carbocycles. The molecule has 0 saturated carbocycles. The highest BCUT2D eigenvalue weighted by molar-refractivity contribution is 5.92. The molecule has 0 spiro atoms. The van der Waals surface area contributed by atoms with E-state index >= 15 is 4.39 Å². The van der Waals surface area contributed by atoms with Crippen molar-refractivity contribution >= 4 is 22.6 Å². The number of benzene rings is 2. The summed E-state index contributed by atoms with van der Waals surface area (Å²) in [5, 5.41) is 15.8. The van der Waals surface area contributed by atoms with E-state index in [2.05, 4.69) is 63.8 Å². The van der Waals surface area contributed by atoms with Gasteiger partial charge in [0.15, 0.2) is 17.2 Å². The van der Waals surface area contributed by atoms with E-state index in [4.69, 9.17) is 14.1 Å². The number of fused-ring (bicyclic) bond motifs is 1. The third kappa shape index (κ3) is 8.19. The number of pyridine rings is 1. The fourth-order valence-electron chi connectivity index (χ4n) is 7.37. The molecule has 11 nitrogen and oxygen atoms in total. The lowest BCUT2D eigenvalue weighted by molar-refractivity contribution is 0.0904. The lowest BCUT2D eigenvalue weighted by Gasteiger charge is -2.31. The number of rotatable bonds is 13. The second kappa shape index (κ2) is 16.4. The molecular formula is C40H49FN8O3. The number of ether oxygens (including phenoxy) is 1. The number of nitrogens with zero attached hydrogens (tertiary/aromatic N) is 5. The van der Waals surface area contributed by atoms with Crippen molar-refractivity contribution in [1.82, 2.24) is 35.3 Å². The van der Waals surface area contributed by atoms with Gasteiger partial charge < -0.3 is 25.1 Å². The van der Waals surface area contributed by atoms with Gasteiger partial charge in [0.05, 0.1) is 17.3 Å². The van der Waals surface area contributed by atoms with Crippen LogP contribution in [0.2, 0.25) is 0 Å². The average Bonchev–Trinajstić information content (AvgIpc) is 3.81. The van der Waals surface area contributed by atoms with Crippen molar-refractivity contribution in [3.05, 3.63) is 94.7 Å². The third-order valence-electron chi connectivity index (χ3n) is 10.1. The van der Waals surface area contributed by atoms with Crippen LogP contribution in [0.3, 0.4) is 0 Å². The molecule has 1 atom stereocenters. The second-order valence-corrected chi connectivity index (χ2v) is 13.9. The van der Waals surface area contributed by atoms with Crippen molar-refractivity contribution in [3.8, 4) is 11.1 Å². The van der Waals surface area contributed by atoms with Gasteiger partial charge in [0.2, 0.25) is 0 Å². The van der Waals surface area contributed by atoms with Gasteiger partial charge in [-0.3, -0.25) is 9.69 Å². The number of aromatic nitrogens is 4. The van der Waals surface area contributed by atoms with Gasteiger partial charge in [-0.15, -0.1) is 0 Å². The second-order valence-electron chi connectivity index (χ2n) is 13.9. The summed E-state index contributed by atoms with van der Waals surface area (Å²) in [5.74, 6) is -0.165. The highest BCUT2D eigenvalue weighted by atomic mass is 19.1. The molecule has 5 aromatic rings. The van der Waals surface area contributed by atoms with Gasteiger partial charge in [0.1, 0.15) is 12.1 Å². The van der Waals surface area contributed by atoms with Gasteiger partial charge in [-0.05, 0) is 80.0 Å². The standard InChI is InChI=1S/C40H49FN8O3/c1-4-35-31(38(45-30-13-17-51-18-14-30)33-22-44-49(5-2)39(33)47-35)10-12-37-46-36(25-52-37)40(50)43-21-27-9-11-34(41)32(20-27)29-8-6-7-28(19-29)24-48-16-15-42-26(3)23-48/h6-9,11,19-20,22,25-26,30,42H,4-5,10,12-18,21,23-24H2,1-3H3,(H,43,50)(H,45,47)/t26-/m0/s1. The van der Waals surface area contributed by atoms with E-state index in [0.717, 1.165) is 110 Å². The Labute approximate surface area is 304 Å². The highest BCUT2D eigenvalue weighted by Gasteiger charge is 2.23. The van der Waals surface area contributed by atoms with Crippen molar-refractivity contribution in [2.24, 2.45) is 0 Å². The number of halogens is 1. The quantitative estimate of drug-likeness (QED) is 0.137. The van der Waals surface area contributed by atoms with Crippen molar-refractivity contribution in [2.75, 3.05) is 38.2 Å². The summed E-state index contributed by atoms with van der Waals surface area (Å²) in [4.78, 5) is 25.2. The highest BCUT2D eigenvalue weighted by Crippen LogP contribution is 2.32. The van der Waals surface area contributed by atoms with Gasteiger partial charge in [0, 0.05) is 82.2 Å². The topological polar surface area (TPSA) is 122 Å². The molecule has 3 N–H and O–H groups in total. The molecule has 5 heterocycles. The first-order valence-electron chi connectivity index (χ1n) is 18.7. The zero-order valence-corrected chi connectivity index (χ0v) is 30.4. The van der Waals surface area contributed by atoms with Crippen molar-refractivity contribution in [1.29, 1.82) is 0 Å². The van der Waals surface area contributed by atoms with Crippen molar-refractivity contribution in [3.63, 3.8) is 0 Å². The fraction of sp³-hybridized carbons (Fsp3) is 0.450. The molecule has 0 radical (unpaired) electrons. The van der Waals surface area contributed by atoms with Gasteiger partial charge in [-0.2, -0.15) is 5.10 Å². The zero-order valence-electron chi connectivity index (χ0n) is 30.4. The van der Waals surface area contributed by atoms with E-state index in [9.17, 15) is 4.79 Å². The zero-order chi connectivity index (χ0) is 36.0. The maximum Gasteiger partial charge on any atom is 0.273 e. The van der Waals surface area contributed by atoms with Crippen LogP contribution in [0.1, 0.15) is 72.4 Å². The molecule has 0 aliphatic carbocycles. The summed E-state index contributed by atoms with van der Waals surface area (Å²) < 4.78 is 28.4. The number of carbonyl (C=O) groups excluding carboxylic acids is 1. The van der Waals surface area contributed by atoms with Crippen LogP contribution in [0.25, 0.3) is 22.2 Å². The Morgan fingerprint density at radius 1 is 1.08 bits per heavy atom. The maximum absolute atomic E-state index is 15.1. The largest absolute Gasteiger partial charge is 0.448 e. The van der Waals surface area contributed by atoms with E-state index in [1.54, 1.807) is 6.07 Å². The van der Waals surface area contributed by atoms with E-state index in [1.807, 2.05) is 29.1 Å². The molecule has 0 bridgehead atoms. The van der Waals surface area contributed by atoms with Crippen LogP contribution in [-0.4, -0.2) is 75.5 Å². The SMILES string of the molecule is CCc1nc2c(cnn2CC)c(NC2CCOCC2)c1CCc1nc(C(=O)NCc2ccc(F)c(-c3cccc(CN4CCN[C@@H](C)C4)c3)c2)co1. The minimum atomic E-state index is -0.348. The van der Waals surface area contributed by atoms with Crippen LogP contribution in [0.5, 0.6) is 0 Å². The number of amides is 1. The number of oxazole rings is 1. The minimum Gasteiger partial charge on any atom is -0.448 e. The molecule has 1 amide bonds. The number of nitrogens with one attached hydrogen (secondary N) is 3. The molecule has 52 heavy (non-hydrogen) atoms. The van der Waals surface area contributed by atoms with Crippen LogP contribution in [-0.2, 0) is 43.6 Å². The molecule has 7 rings (SSSR count). The first kappa shape index (κ1) is 35.7. The molecule has 274 valence electrons. The Bertz CT molecular complexity index is 2000. The van der Waals surface area contributed by atoms with Crippen LogP contribution in [0.15, 0.2) is 59.3 Å². The smallest absolute Gasteiger partial charge is 0.273 e. The number of piperazine rings is 1. The summed E-state index contributed by atoms with van der Waals surface area (Å²) in [7, 11) is 0. The summed E-state index contributed by atoms with van der Waals surface area (Å²) in [6.45, 7) is 12.6. The Hall–Kier alpha value is -4.65. The summed E-state index contributed by atoms with van der Waals surface area (Å²) in [5.41, 5.74) is 7.57. The third-order valence-corrected chi connectivity index (χ3v) is 10.1. The number of aryl methyl sites for hydroxylation is 3. The van der Waals surface area contributed by atoms with E-state index < -0.39 is 0 Å². The van der Waals surface area contributed by atoms with Crippen molar-refractivity contribution < 1.29 is 18.3 Å². The minimum absolute atomic E-state index is 0.210. The number of carbonyl (C=O) groups is 1. The van der Waals surface area contributed by atoms with Crippen LogP contribution >= 0.6 is 0 Å². The maximum atomic E-state index is 15.1. The Morgan fingerprint density at radius 3 is 2.75 bits per heavy atom. The summed E-state index contributed by atoms with van der Waals surface area (Å²) in [6.07, 6.45) is 7.10. The number of hydrogen-bond acceptors (Lipinski definition) is 9. The first-order valence-corrected chi connectivity index (χ1v) is 18.7. The van der Waals surface area contributed by atoms with Crippen molar-refractivity contribution in [2.45, 2.75) is 84.6 Å². The molecule has 0 unspecified atom stereocenters. The number of hydrogen-bond donors (Lipinski definition) is 3. The van der Waals surface area contributed by atoms with Gasteiger partial charge in [-0.1, -0.05) is 31.2 Å². The molecule has 2 aliphatic heterocycles. The predicted molar refractivity (Wildman–Crippen MR) is 200 cm³/mol. The molecular weight excluding hydrogens is 659 g/mol.